The largest absolute Gasteiger partial charge is 0.388 e. The SMILES string of the molecule is C[C@H]1CC[C@]2(OC1)O[C@@H]1C[C@@H]3[C@@H]4CC=C5C[C@@H](O[C@H]6O[C@@H](C)[C@H](O)[C@@H](O)[C@H]6O)CC[C@]5(C)[C@H]4CC[C@]3(C)[C@@H]1[C@H]2C. The maximum Gasteiger partial charge on any atom is 0.186 e. The summed E-state index contributed by atoms with van der Waals surface area (Å²) in [6, 6.07) is 0. The van der Waals surface area contributed by atoms with Crippen LogP contribution in [0.3, 0.4) is 0 Å². The van der Waals surface area contributed by atoms with Gasteiger partial charge in [0.2, 0.25) is 0 Å². The van der Waals surface area contributed by atoms with Gasteiger partial charge >= 0.3 is 0 Å². The fourth-order valence-electron chi connectivity index (χ4n) is 11.1. The van der Waals surface area contributed by atoms with Gasteiger partial charge in [0.25, 0.3) is 0 Å². The number of fused-ring (bicyclic) bond motifs is 7. The quantitative estimate of drug-likeness (QED) is 0.426. The molecule has 7 rings (SSSR count). The van der Waals surface area contributed by atoms with Gasteiger partial charge in [-0.25, -0.2) is 0 Å². The van der Waals surface area contributed by atoms with Crippen molar-refractivity contribution in [2.24, 2.45) is 46.3 Å². The normalized spacial score (nSPS) is 59.5. The summed E-state index contributed by atoms with van der Waals surface area (Å²) in [6.07, 6.45) is 7.71. The first-order valence-electron chi connectivity index (χ1n) is 16.3. The van der Waals surface area contributed by atoms with Crippen molar-refractivity contribution in [3.63, 3.8) is 0 Å². The fraction of sp³-hybridized carbons (Fsp3) is 0.939. The third kappa shape index (κ3) is 4.01. The minimum atomic E-state index is -1.26. The van der Waals surface area contributed by atoms with Crippen LogP contribution in [0.1, 0.15) is 92.4 Å². The summed E-state index contributed by atoms with van der Waals surface area (Å²) in [4.78, 5) is 0. The molecule has 3 saturated heterocycles. The highest BCUT2D eigenvalue weighted by atomic mass is 16.7. The van der Waals surface area contributed by atoms with Gasteiger partial charge in [-0.2, -0.15) is 0 Å². The Balaban J connectivity index is 1.06. The van der Waals surface area contributed by atoms with Gasteiger partial charge in [0.05, 0.1) is 24.9 Å². The van der Waals surface area contributed by atoms with Crippen LogP contribution in [0.2, 0.25) is 0 Å². The molecule has 16 atom stereocenters. The molecule has 226 valence electrons. The highest BCUT2D eigenvalue weighted by Crippen LogP contribution is 2.70. The van der Waals surface area contributed by atoms with Crippen molar-refractivity contribution >= 4 is 0 Å². The van der Waals surface area contributed by atoms with Crippen LogP contribution in [0.5, 0.6) is 0 Å². The van der Waals surface area contributed by atoms with E-state index in [9.17, 15) is 15.3 Å². The molecule has 3 N–H and O–H groups in total. The predicted molar refractivity (Wildman–Crippen MR) is 149 cm³/mol. The molecule has 6 fully saturated rings. The van der Waals surface area contributed by atoms with Crippen molar-refractivity contribution in [2.45, 2.75) is 141 Å². The van der Waals surface area contributed by atoms with Crippen LogP contribution in [-0.2, 0) is 18.9 Å². The summed E-state index contributed by atoms with van der Waals surface area (Å²) in [6.45, 7) is 12.4. The lowest BCUT2D eigenvalue weighted by molar-refractivity contribution is -0.305. The smallest absolute Gasteiger partial charge is 0.186 e. The highest BCUT2D eigenvalue weighted by Gasteiger charge is 2.68. The molecule has 0 aromatic rings. The zero-order valence-corrected chi connectivity index (χ0v) is 25.1. The maximum absolute atomic E-state index is 10.5. The Morgan fingerprint density at radius 1 is 0.925 bits per heavy atom. The number of allylic oxidation sites excluding steroid dienone is 1. The predicted octanol–water partition coefficient (Wildman–Crippen LogP) is 4.57. The number of hydrogen-bond donors (Lipinski definition) is 3. The van der Waals surface area contributed by atoms with Gasteiger partial charge in [-0.05, 0) is 98.7 Å². The molecule has 0 amide bonds. The third-order valence-corrected chi connectivity index (χ3v) is 13.5. The van der Waals surface area contributed by atoms with Crippen molar-refractivity contribution in [1.82, 2.24) is 0 Å². The van der Waals surface area contributed by atoms with Crippen LogP contribution in [0, 0.1) is 46.3 Å². The monoisotopic (exact) mass is 560 g/mol. The Labute approximate surface area is 240 Å². The summed E-state index contributed by atoms with van der Waals surface area (Å²) in [5.74, 6) is 3.42. The molecule has 4 aliphatic carbocycles. The summed E-state index contributed by atoms with van der Waals surface area (Å²) in [5, 5.41) is 30.8. The van der Waals surface area contributed by atoms with Crippen molar-refractivity contribution < 1.29 is 34.3 Å². The van der Waals surface area contributed by atoms with E-state index in [0.717, 1.165) is 38.7 Å². The molecule has 0 bridgehead atoms. The number of ether oxygens (including phenoxy) is 4. The van der Waals surface area contributed by atoms with Gasteiger partial charge in [0.1, 0.15) is 18.3 Å². The lowest BCUT2D eigenvalue weighted by atomic mass is 9.47. The zero-order chi connectivity index (χ0) is 28.2. The van der Waals surface area contributed by atoms with Gasteiger partial charge in [-0.3, -0.25) is 0 Å². The van der Waals surface area contributed by atoms with Crippen molar-refractivity contribution in [2.75, 3.05) is 6.61 Å². The fourth-order valence-corrected chi connectivity index (χ4v) is 11.1. The number of rotatable bonds is 2. The Morgan fingerprint density at radius 2 is 1.73 bits per heavy atom. The van der Waals surface area contributed by atoms with Gasteiger partial charge < -0.3 is 34.3 Å². The lowest BCUT2D eigenvalue weighted by Crippen LogP contribution is -2.58. The molecule has 3 aliphatic heterocycles. The van der Waals surface area contributed by atoms with E-state index in [4.69, 9.17) is 18.9 Å². The molecule has 7 nitrogen and oxygen atoms in total. The molecule has 0 radical (unpaired) electrons. The van der Waals surface area contributed by atoms with Crippen LogP contribution < -0.4 is 0 Å². The second-order valence-corrected chi connectivity index (χ2v) is 15.5. The molecule has 0 aromatic carbocycles. The van der Waals surface area contributed by atoms with Crippen molar-refractivity contribution in [3.05, 3.63) is 11.6 Å². The van der Waals surface area contributed by atoms with Crippen LogP contribution in [0.4, 0.5) is 0 Å². The molecular weight excluding hydrogens is 508 g/mol. The van der Waals surface area contributed by atoms with Crippen molar-refractivity contribution in [3.8, 4) is 0 Å². The zero-order valence-electron chi connectivity index (χ0n) is 25.1. The Bertz CT molecular complexity index is 1010. The molecular formula is C33H52O7. The second kappa shape index (κ2) is 9.73. The Kier molecular flexibility index (Phi) is 6.87. The van der Waals surface area contributed by atoms with Crippen molar-refractivity contribution in [1.29, 1.82) is 0 Å². The summed E-state index contributed by atoms with van der Waals surface area (Å²) in [7, 11) is 0. The molecule has 7 heteroatoms. The van der Waals surface area contributed by atoms with E-state index in [1.807, 2.05) is 0 Å². The molecule has 40 heavy (non-hydrogen) atoms. The number of aliphatic hydroxyl groups excluding tert-OH is 3. The van der Waals surface area contributed by atoms with E-state index >= 15 is 0 Å². The Hall–Kier alpha value is -0.540. The minimum absolute atomic E-state index is 0.0477. The van der Waals surface area contributed by atoms with E-state index in [1.165, 1.54) is 31.3 Å². The summed E-state index contributed by atoms with van der Waals surface area (Å²) < 4.78 is 25.5. The number of hydrogen-bond acceptors (Lipinski definition) is 7. The minimum Gasteiger partial charge on any atom is -0.388 e. The van der Waals surface area contributed by atoms with E-state index in [1.54, 1.807) is 6.92 Å². The molecule has 0 unspecified atom stereocenters. The standard InChI is InChI=1S/C33H52O7/c1-17-8-13-33(37-16-17)18(2)26-25(40-33)15-24-22-7-6-20-14-21(39-30-29(36)28(35)27(34)19(3)38-30)9-11-31(20,4)23(22)10-12-32(24,26)5/h6,17-19,21-30,34-36H,7-16H2,1-5H3/t17-,18+,19-,21-,22+,23-,24+,25+,26+,27-,28+,29+,30+,31-,32-,33-/m0/s1. The van der Waals surface area contributed by atoms with Crippen LogP contribution in [0.15, 0.2) is 11.6 Å². The van der Waals surface area contributed by atoms with Gasteiger partial charge in [-0.15, -0.1) is 0 Å². The van der Waals surface area contributed by atoms with E-state index < -0.39 is 30.7 Å². The molecule has 3 heterocycles. The Morgan fingerprint density at radius 3 is 2.48 bits per heavy atom. The first-order chi connectivity index (χ1) is 19.0. The molecule has 0 aromatic heterocycles. The third-order valence-electron chi connectivity index (χ3n) is 13.5. The average Bonchev–Trinajstić information content (AvgIpc) is 3.37. The lowest BCUT2D eigenvalue weighted by Gasteiger charge is -2.58. The van der Waals surface area contributed by atoms with E-state index in [-0.39, 0.29) is 17.3 Å². The summed E-state index contributed by atoms with van der Waals surface area (Å²) >= 11 is 0. The number of aliphatic hydroxyl groups is 3. The van der Waals surface area contributed by atoms with Crippen LogP contribution in [-0.4, -0.2) is 70.6 Å². The summed E-state index contributed by atoms with van der Waals surface area (Å²) in [5.41, 5.74) is 2.02. The average molecular weight is 561 g/mol. The highest BCUT2D eigenvalue weighted by molar-refractivity contribution is 5.26. The van der Waals surface area contributed by atoms with Gasteiger partial charge in [-0.1, -0.05) is 39.3 Å². The van der Waals surface area contributed by atoms with Gasteiger partial charge in [0.15, 0.2) is 12.1 Å². The van der Waals surface area contributed by atoms with Crippen LogP contribution in [0.25, 0.3) is 0 Å². The van der Waals surface area contributed by atoms with E-state index in [2.05, 4.69) is 33.8 Å². The maximum atomic E-state index is 10.5. The van der Waals surface area contributed by atoms with Gasteiger partial charge in [0, 0.05) is 12.3 Å². The first kappa shape index (κ1) is 28.2. The van der Waals surface area contributed by atoms with Crippen LogP contribution >= 0.6 is 0 Å². The molecule has 1 spiro atoms. The molecule has 3 saturated carbocycles. The first-order valence-corrected chi connectivity index (χ1v) is 16.3. The second-order valence-electron chi connectivity index (χ2n) is 15.5. The topological polar surface area (TPSA) is 97.6 Å². The van der Waals surface area contributed by atoms with E-state index in [0.29, 0.717) is 47.0 Å². The molecule has 7 aliphatic rings.